The molecule has 1 aliphatic heterocycles. The van der Waals surface area contributed by atoms with E-state index in [0.29, 0.717) is 6.61 Å². The highest BCUT2D eigenvalue weighted by molar-refractivity contribution is 14.0. The Balaban J connectivity index is 0.00000361. The fourth-order valence-electron chi connectivity index (χ4n) is 2.21. The zero-order valence-corrected chi connectivity index (χ0v) is 14.9. The van der Waals surface area contributed by atoms with Crippen LogP contribution in [0, 0.1) is 5.92 Å². The van der Waals surface area contributed by atoms with Crippen molar-refractivity contribution in [3.05, 3.63) is 0 Å². The lowest BCUT2D eigenvalue weighted by Gasteiger charge is -2.33. The lowest BCUT2D eigenvalue weighted by atomic mass is 9.97. The number of aliphatic imine (C=N–C) groups is 1. The van der Waals surface area contributed by atoms with Gasteiger partial charge in [-0.15, -0.1) is 24.0 Å². The van der Waals surface area contributed by atoms with Crippen molar-refractivity contribution in [2.24, 2.45) is 10.9 Å². The van der Waals surface area contributed by atoms with Crippen molar-refractivity contribution in [2.45, 2.75) is 19.8 Å². The smallest absolute Gasteiger partial charge is 0.308 e. The van der Waals surface area contributed by atoms with Crippen LogP contribution >= 0.6 is 24.0 Å². The third-order valence-electron chi connectivity index (χ3n) is 3.27. The number of halogens is 1. The Hall–Kier alpha value is -0.570. The maximum Gasteiger partial charge on any atom is 0.308 e. The number of rotatable bonds is 5. The van der Waals surface area contributed by atoms with Gasteiger partial charge in [0.1, 0.15) is 0 Å². The van der Waals surface area contributed by atoms with Crippen LogP contribution in [0.15, 0.2) is 4.99 Å². The van der Waals surface area contributed by atoms with Gasteiger partial charge < -0.3 is 19.7 Å². The molecule has 7 heteroatoms. The quantitative estimate of drug-likeness (QED) is 0.247. The molecule has 1 heterocycles. The number of hydrogen-bond donors (Lipinski definition) is 1. The minimum Gasteiger partial charge on any atom is -0.469 e. The molecule has 0 aromatic rings. The summed E-state index contributed by atoms with van der Waals surface area (Å²) in [7, 11) is 3.22. The number of likely N-dealkylation sites (tertiary alicyclic amines) is 1. The molecule has 1 saturated heterocycles. The van der Waals surface area contributed by atoms with Crippen LogP contribution in [0.25, 0.3) is 0 Å². The SMILES string of the molecule is CCOCCNC(=NC)N1CCC(C(=O)OC)CC1.I. The van der Waals surface area contributed by atoms with Crippen LogP contribution in [0.3, 0.4) is 0 Å². The molecule has 0 aromatic heterocycles. The van der Waals surface area contributed by atoms with E-state index in [1.54, 1.807) is 7.05 Å². The van der Waals surface area contributed by atoms with Gasteiger partial charge in [0.2, 0.25) is 0 Å². The Morgan fingerprint density at radius 2 is 2.05 bits per heavy atom. The van der Waals surface area contributed by atoms with E-state index in [0.717, 1.165) is 45.0 Å². The zero-order chi connectivity index (χ0) is 14.1. The number of carbonyl (C=O) groups excluding carboxylic acids is 1. The maximum atomic E-state index is 11.5. The Labute approximate surface area is 138 Å². The van der Waals surface area contributed by atoms with E-state index in [4.69, 9.17) is 9.47 Å². The molecule has 0 atom stereocenters. The van der Waals surface area contributed by atoms with Gasteiger partial charge in [-0.1, -0.05) is 0 Å². The molecule has 1 N–H and O–H groups in total. The van der Waals surface area contributed by atoms with E-state index in [9.17, 15) is 4.79 Å². The first kappa shape index (κ1) is 19.4. The average Bonchev–Trinajstić information content (AvgIpc) is 2.47. The summed E-state index contributed by atoms with van der Waals surface area (Å²) in [5.41, 5.74) is 0. The Morgan fingerprint density at radius 1 is 1.40 bits per heavy atom. The molecule has 0 spiro atoms. The minimum atomic E-state index is -0.0982. The number of methoxy groups -OCH3 is 1. The Kier molecular flexibility index (Phi) is 10.8. The largest absolute Gasteiger partial charge is 0.469 e. The van der Waals surface area contributed by atoms with Gasteiger partial charge in [0.15, 0.2) is 5.96 Å². The fourth-order valence-corrected chi connectivity index (χ4v) is 2.21. The number of nitrogens with one attached hydrogen (secondary N) is 1. The van der Waals surface area contributed by atoms with Crippen LogP contribution in [0.1, 0.15) is 19.8 Å². The molecule has 0 unspecified atom stereocenters. The van der Waals surface area contributed by atoms with E-state index in [-0.39, 0.29) is 35.9 Å². The summed E-state index contributed by atoms with van der Waals surface area (Å²) in [4.78, 5) is 17.9. The van der Waals surface area contributed by atoms with Crippen molar-refractivity contribution >= 4 is 35.9 Å². The van der Waals surface area contributed by atoms with E-state index in [1.165, 1.54) is 7.11 Å². The summed E-state index contributed by atoms with van der Waals surface area (Å²) in [6.45, 7) is 5.78. The lowest BCUT2D eigenvalue weighted by Crippen LogP contribution is -2.47. The maximum absolute atomic E-state index is 11.5. The number of hydrogen-bond acceptors (Lipinski definition) is 4. The second-order valence-corrected chi connectivity index (χ2v) is 4.46. The van der Waals surface area contributed by atoms with Gasteiger partial charge in [-0.2, -0.15) is 0 Å². The lowest BCUT2D eigenvalue weighted by molar-refractivity contribution is -0.146. The molecule has 0 saturated carbocycles. The predicted molar refractivity (Wildman–Crippen MR) is 89.6 cm³/mol. The molecule has 0 aliphatic carbocycles. The van der Waals surface area contributed by atoms with E-state index in [2.05, 4.69) is 15.2 Å². The molecule has 6 nitrogen and oxygen atoms in total. The van der Waals surface area contributed by atoms with Crippen molar-refractivity contribution in [3.8, 4) is 0 Å². The number of esters is 1. The first-order valence-corrected chi connectivity index (χ1v) is 6.84. The number of carbonyl (C=O) groups is 1. The topological polar surface area (TPSA) is 63.2 Å². The van der Waals surface area contributed by atoms with Crippen molar-refractivity contribution in [2.75, 3.05) is 47.0 Å². The summed E-state index contributed by atoms with van der Waals surface area (Å²) in [5.74, 6) is 0.810. The number of ether oxygens (including phenoxy) is 2. The highest BCUT2D eigenvalue weighted by Crippen LogP contribution is 2.18. The summed E-state index contributed by atoms with van der Waals surface area (Å²) in [6.07, 6.45) is 1.64. The Morgan fingerprint density at radius 3 is 2.55 bits per heavy atom. The first-order valence-electron chi connectivity index (χ1n) is 6.84. The van der Waals surface area contributed by atoms with Gasteiger partial charge in [0, 0.05) is 33.3 Å². The molecule has 1 rings (SSSR count). The molecular formula is C13H26IN3O3. The average molecular weight is 399 g/mol. The van der Waals surface area contributed by atoms with Crippen LogP contribution in [-0.2, 0) is 14.3 Å². The van der Waals surface area contributed by atoms with Crippen LogP contribution in [0.2, 0.25) is 0 Å². The molecule has 0 bridgehead atoms. The van der Waals surface area contributed by atoms with Gasteiger partial charge in [0.25, 0.3) is 0 Å². The second kappa shape index (κ2) is 11.1. The van der Waals surface area contributed by atoms with Gasteiger partial charge in [-0.3, -0.25) is 9.79 Å². The third kappa shape index (κ3) is 6.25. The normalized spacial score (nSPS) is 16.6. The molecule has 118 valence electrons. The fraction of sp³-hybridized carbons (Fsp3) is 0.846. The van der Waals surface area contributed by atoms with E-state index < -0.39 is 0 Å². The predicted octanol–water partition coefficient (Wildman–Crippen LogP) is 1.10. The standard InChI is InChI=1S/C13H25N3O3.HI/c1-4-19-10-7-15-13(14-2)16-8-5-11(6-9-16)12(17)18-3;/h11H,4-10H2,1-3H3,(H,14,15);1H. The molecule has 0 radical (unpaired) electrons. The Bertz CT molecular complexity index is 305. The molecule has 0 aromatic carbocycles. The van der Waals surface area contributed by atoms with E-state index in [1.807, 2.05) is 6.92 Å². The van der Waals surface area contributed by atoms with Crippen LogP contribution < -0.4 is 5.32 Å². The van der Waals surface area contributed by atoms with Gasteiger partial charge in [-0.05, 0) is 19.8 Å². The van der Waals surface area contributed by atoms with Crippen LogP contribution in [0.4, 0.5) is 0 Å². The third-order valence-corrected chi connectivity index (χ3v) is 3.27. The van der Waals surface area contributed by atoms with Crippen molar-refractivity contribution in [1.29, 1.82) is 0 Å². The molecule has 0 amide bonds. The number of piperidine rings is 1. The van der Waals surface area contributed by atoms with Gasteiger partial charge in [0.05, 0.1) is 19.6 Å². The van der Waals surface area contributed by atoms with Gasteiger partial charge in [-0.25, -0.2) is 0 Å². The molecule has 1 aliphatic rings. The van der Waals surface area contributed by atoms with Crippen molar-refractivity contribution < 1.29 is 14.3 Å². The highest BCUT2D eigenvalue weighted by Gasteiger charge is 2.26. The summed E-state index contributed by atoms with van der Waals surface area (Å²) >= 11 is 0. The van der Waals surface area contributed by atoms with Gasteiger partial charge >= 0.3 is 5.97 Å². The zero-order valence-electron chi connectivity index (χ0n) is 12.6. The van der Waals surface area contributed by atoms with Crippen molar-refractivity contribution in [1.82, 2.24) is 10.2 Å². The summed E-state index contributed by atoms with van der Waals surface area (Å²) in [6, 6.07) is 0. The molecule has 20 heavy (non-hydrogen) atoms. The summed E-state index contributed by atoms with van der Waals surface area (Å²) < 4.78 is 10.1. The van der Waals surface area contributed by atoms with E-state index >= 15 is 0 Å². The first-order chi connectivity index (χ1) is 9.22. The second-order valence-electron chi connectivity index (χ2n) is 4.46. The highest BCUT2D eigenvalue weighted by atomic mass is 127. The van der Waals surface area contributed by atoms with Crippen molar-refractivity contribution in [3.63, 3.8) is 0 Å². The molecule has 1 fully saturated rings. The van der Waals surface area contributed by atoms with Crippen LogP contribution in [0.5, 0.6) is 0 Å². The summed E-state index contributed by atoms with van der Waals surface area (Å²) in [5, 5.41) is 3.27. The van der Waals surface area contributed by atoms with Crippen LogP contribution in [-0.4, -0.2) is 63.8 Å². The minimum absolute atomic E-state index is 0. The monoisotopic (exact) mass is 399 g/mol. The number of guanidine groups is 1. The molecular weight excluding hydrogens is 373 g/mol. The number of nitrogens with zero attached hydrogens (tertiary/aromatic N) is 2.